The summed E-state index contributed by atoms with van der Waals surface area (Å²) in [5.74, 6) is 3.81. The molecule has 0 saturated heterocycles. The Kier molecular flexibility index (Phi) is 4.39. The molecule has 0 radical (unpaired) electrons. The van der Waals surface area contributed by atoms with Crippen molar-refractivity contribution < 1.29 is 0 Å². The molecule has 0 N–H and O–H groups in total. The van der Waals surface area contributed by atoms with Gasteiger partial charge in [-0.25, -0.2) is 0 Å². The van der Waals surface area contributed by atoms with Gasteiger partial charge in [-0.2, -0.15) is 0 Å². The number of thioether (sulfide) groups is 1. The SMILES string of the molecule is IC#CCSc1cccnc1. The number of rotatable bonds is 2. The highest BCUT2D eigenvalue weighted by molar-refractivity contribution is 14.1. The number of pyridine rings is 1. The highest BCUT2D eigenvalue weighted by Crippen LogP contribution is 2.14. The standard InChI is InChI=1S/C8H6INS/c9-4-2-6-11-8-3-1-5-10-7-8/h1,3,5,7H,6H2. The first-order chi connectivity index (χ1) is 5.43. The summed E-state index contributed by atoms with van der Waals surface area (Å²) in [4.78, 5) is 5.17. The molecule has 0 aliphatic rings. The Hall–Kier alpha value is -0.210. The minimum Gasteiger partial charge on any atom is -0.264 e. The lowest BCUT2D eigenvalue weighted by molar-refractivity contribution is 1.24. The zero-order valence-corrected chi connectivity index (χ0v) is 8.72. The van der Waals surface area contributed by atoms with Crippen LogP contribution in [0.5, 0.6) is 0 Å². The molecule has 11 heavy (non-hydrogen) atoms. The van der Waals surface area contributed by atoms with E-state index in [1.54, 1.807) is 18.0 Å². The van der Waals surface area contributed by atoms with Crippen molar-refractivity contribution in [3.05, 3.63) is 24.5 Å². The van der Waals surface area contributed by atoms with Crippen LogP contribution in [-0.4, -0.2) is 10.7 Å². The Bertz CT molecular complexity index is 262. The van der Waals surface area contributed by atoms with Gasteiger partial charge in [0, 0.05) is 39.9 Å². The molecule has 3 heteroatoms. The predicted molar refractivity (Wildman–Crippen MR) is 56.8 cm³/mol. The predicted octanol–water partition coefficient (Wildman–Crippen LogP) is 2.57. The molecular weight excluding hydrogens is 269 g/mol. The smallest absolute Gasteiger partial charge is 0.0603 e. The van der Waals surface area contributed by atoms with Gasteiger partial charge in [-0.1, -0.05) is 5.92 Å². The van der Waals surface area contributed by atoms with Crippen LogP contribution in [-0.2, 0) is 0 Å². The number of halogens is 1. The van der Waals surface area contributed by atoms with E-state index < -0.39 is 0 Å². The van der Waals surface area contributed by atoms with Crippen LogP contribution in [0.1, 0.15) is 0 Å². The summed E-state index contributed by atoms with van der Waals surface area (Å²) in [7, 11) is 0. The molecule has 0 spiro atoms. The normalized spacial score (nSPS) is 8.45. The Balaban J connectivity index is 2.43. The van der Waals surface area contributed by atoms with Gasteiger partial charge in [-0.15, -0.1) is 11.8 Å². The largest absolute Gasteiger partial charge is 0.264 e. The van der Waals surface area contributed by atoms with Crippen LogP contribution >= 0.6 is 34.4 Å². The first kappa shape index (κ1) is 8.88. The number of nitrogens with zero attached hydrogens (tertiary/aromatic N) is 1. The molecule has 1 aromatic rings. The van der Waals surface area contributed by atoms with E-state index in [4.69, 9.17) is 0 Å². The minimum absolute atomic E-state index is 0.842. The van der Waals surface area contributed by atoms with Gasteiger partial charge in [0.15, 0.2) is 0 Å². The van der Waals surface area contributed by atoms with Gasteiger partial charge >= 0.3 is 0 Å². The molecule has 0 atom stereocenters. The second-order valence-corrected chi connectivity index (χ2v) is 3.34. The van der Waals surface area contributed by atoms with Crippen molar-refractivity contribution in [2.24, 2.45) is 0 Å². The van der Waals surface area contributed by atoms with E-state index in [1.165, 1.54) is 4.90 Å². The maximum atomic E-state index is 3.99. The lowest BCUT2D eigenvalue weighted by atomic mass is 10.5. The zero-order valence-electron chi connectivity index (χ0n) is 5.75. The quantitative estimate of drug-likeness (QED) is 0.467. The van der Waals surface area contributed by atoms with E-state index in [2.05, 4.69) is 14.8 Å². The van der Waals surface area contributed by atoms with Crippen molar-refractivity contribution >= 4 is 34.4 Å². The Labute approximate surface area is 84.1 Å². The molecule has 0 aromatic carbocycles. The van der Waals surface area contributed by atoms with Crippen molar-refractivity contribution in [3.8, 4) is 9.85 Å². The van der Waals surface area contributed by atoms with Gasteiger partial charge < -0.3 is 0 Å². The van der Waals surface area contributed by atoms with Crippen LogP contribution in [0.4, 0.5) is 0 Å². The highest BCUT2D eigenvalue weighted by atomic mass is 127. The molecule has 0 bridgehead atoms. The fraction of sp³-hybridized carbons (Fsp3) is 0.125. The van der Waals surface area contributed by atoms with Gasteiger partial charge in [-0.05, 0) is 16.1 Å². The molecule has 0 fully saturated rings. The van der Waals surface area contributed by atoms with Crippen LogP contribution in [0.15, 0.2) is 29.4 Å². The average Bonchev–Trinajstić information content (AvgIpc) is 2.07. The monoisotopic (exact) mass is 275 g/mol. The first-order valence-corrected chi connectivity index (χ1v) is 5.11. The van der Waals surface area contributed by atoms with Gasteiger partial charge in [0.2, 0.25) is 0 Å². The van der Waals surface area contributed by atoms with Crippen molar-refractivity contribution in [1.82, 2.24) is 4.98 Å². The van der Waals surface area contributed by atoms with Gasteiger partial charge in [-0.3, -0.25) is 4.98 Å². The average molecular weight is 275 g/mol. The lowest BCUT2D eigenvalue weighted by Crippen LogP contribution is -1.74. The van der Waals surface area contributed by atoms with Crippen LogP contribution in [0.25, 0.3) is 0 Å². The van der Waals surface area contributed by atoms with Crippen LogP contribution < -0.4 is 0 Å². The van der Waals surface area contributed by atoms with E-state index >= 15 is 0 Å². The molecule has 0 saturated carbocycles. The van der Waals surface area contributed by atoms with Crippen LogP contribution in [0.2, 0.25) is 0 Å². The summed E-state index contributed by atoms with van der Waals surface area (Å²) in [5.41, 5.74) is 0. The molecule has 1 heterocycles. The summed E-state index contributed by atoms with van der Waals surface area (Å²) in [5, 5.41) is 0. The van der Waals surface area contributed by atoms with Crippen molar-refractivity contribution in [3.63, 3.8) is 0 Å². The first-order valence-electron chi connectivity index (χ1n) is 3.05. The Morgan fingerprint density at radius 1 is 1.64 bits per heavy atom. The third kappa shape index (κ3) is 3.63. The minimum atomic E-state index is 0.842. The van der Waals surface area contributed by atoms with Crippen LogP contribution in [0, 0.1) is 9.85 Å². The number of aromatic nitrogens is 1. The van der Waals surface area contributed by atoms with E-state index in [9.17, 15) is 0 Å². The van der Waals surface area contributed by atoms with Crippen molar-refractivity contribution in [1.29, 1.82) is 0 Å². The van der Waals surface area contributed by atoms with E-state index in [-0.39, 0.29) is 0 Å². The molecule has 0 amide bonds. The summed E-state index contributed by atoms with van der Waals surface area (Å²) in [6.07, 6.45) is 3.62. The van der Waals surface area contributed by atoms with Gasteiger partial charge in [0.25, 0.3) is 0 Å². The maximum Gasteiger partial charge on any atom is 0.0603 e. The summed E-state index contributed by atoms with van der Waals surface area (Å²) >= 11 is 3.74. The third-order valence-corrected chi connectivity index (χ3v) is 2.26. The van der Waals surface area contributed by atoms with Gasteiger partial charge in [0.1, 0.15) is 0 Å². The highest BCUT2D eigenvalue weighted by Gasteiger charge is 1.88. The molecule has 0 aliphatic carbocycles. The number of hydrogen-bond acceptors (Lipinski definition) is 2. The van der Waals surface area contributed by atoms with E-state index in [0.717, 1.165) is 5.75 Å². The summed E-state index contributed by atoms with van der Waals surface area (Å²) in [6.45, 7) is 0. The van der Waals surface area contributed by atoms with E-state index in [0.29, 0.717) is 0 Å². The fourth-order valence-electron chi connectivity index (χ4n) is 0.579. The molecule has 0 aliphatic heterocycles. The van der Waals surface area contributed by atoms with Gasteiger partial charge in [0.05, 0.1) is 5.75 Å². The van der Waals surface area contributed by atoms with E-state index in [1.807, 2.05) is 40.9 Å². The van der Waals surface area contributed by atoms with Crippen LogP contribution in [0.3, 0.4) is 0 Å². The third-order valence-electron chi connectivity index (χ3n) is 1.01. The zero-order chi connectivity index (χ0) is 7.94. The molecular formula is C8H6INS. The Morgan fingerprint density at radius 2 is 2.55 bits per heavy atom. The molecule has 56 valence electrons. The second-order valence-electron chi connectivity index (χ2n) is 1.75. The second kappa shape index (κ2) is 5.44. The van der Waals surface area contributed by atoms with Crippen molar-refractivity contribution in [2.45, 2.75) is 4.90 Å². The molecule has 1 aromatic heterocycles. The Morgan fingerprint density at radius 3 is 3.18 bits per heavy atom. The number of hydrogen-bond donors (Lipinski definition) is 0. The molecule has 0 unspecified atom stereocenters. The molecule has 1 rings (SSSR count). The molecule has 1 nitrogen and oxygen atoms in total. The maximum absolute atomic E-state index is 3.99. The summed E-state index contributed by atoms with van der Waals surface area (Å²) < 4.78 is 2.82. The summed E-state index contributed by atoms with van der Waals surface area (Å²) in [6, 6.07) is 3.96. The lowest BCUT2D eigenvalue weighted by Gasteiger charge is -1.92. The topological polar surface area (TPSA) is 12.9 Å². The van der Waals surface area contributed by atoms with Crippen molar-refractivity contribution in [2.75, 3.05) is 5.75 Å². The fourth-order valence-corrected chi connectivity index (χ4v) is 1.65.